The number of nitrogens with zero attached hydrogens (tertiary/aromatic N) is 2. The van der Waals surface area contributed by atoms with E-state index in [4.69, 9.17) is 18.7 Å². The van der Waals surface area contributed by atoms with E-state index < -0.39 is 5.91 Å². The second-order valence-corrected chi connectivity index (χ2v) is 11.4. The Balaban J connectivity index is 1.52. The monoisotopic (exact) mass is 626 g/mol. The van der Waals surface area contributed by atoms with E-state index in [9.17, 15) is 9.59 Å². The maximum absolute atomic E-state index is 13.3. The first kappa shape index (κ1) is 32.7. The van der Waals surface area contributed by atoms with E-state index in [0.717, 1.165) is 29.8 Å². The number of hydrogen-bond donors (Lipinski definition) is 2. The molecular formula is C36H42N4O6. The SMILES string of the molecule is CCNC(=O)c1noc(-c2cc(C(C)C)c(OCc3ccccc3)cc2OCc2ccccc2)c1NC(=O)CCN1CCOCC1. The molecule has 3 aromatic carbocycles. The van der Waals surface area contributed by atoms with Gasteiger partial charge in [-0.15, -0.1) is 0 Å². The molecule has 0 atom stereocenters. The van der Waals surface area contributed by atoms with E-state index in [1.165, 1.54) is 0 Å². The van der Waals surface area contributed by atoms with Crippen LogP contribution in [0.3, 0.4) is 0 Å². The fourth-order valence-corrected chi connectivity index (χ4v) is 5.20. The van der Waals surface area contributed by atoms with Gasteiger partial charge in [0.2, 0.25) is 5.91 Å². The second kappa shape index (κ2) is 16.1. The van der Waals surface area contributed by atoms with Gasteiger partial charge >= 0.3 is 0 Å². The Morgan fingerprint density at radius 1 is 0.913 bits per heavy atom. The lowest BCUT2D eigenvalue weighted by atomic mass is 9.97. The number of amides is 2. The van der Waals surface area contributed by atoms with Gasteiger partial charge in [-0.25, -0.2) is 0 Å². The topological polar surface area (TPSA) is 115 Å². The normalized spacial score (nSPS) is 13.4. The number of benzene rings is 3. The summed E-state index contributed by atoms with van der Waals surface area (Å²) in [6.45, 7) is 10.4. The highest BCUT2D eigenvalue weighted by atomic mass is 16.5. The van der Waals surface area contributed by atoms with Gasteiger partial charge in [0.1, 0.15) is 30.4 Å². The molecule has 0 spiro atoms. The third-order valence-electron chi connectivity index (χ3n) is 7.72. The Labute approximate surface area is 270 Å². The average molecular weight is 627 g/mol. The van der Waals surface area contributed by atoms with Crippen molar-refractivity contribution in [1.82, 2.24) is 15.4 Å². The van der Waals surface area contributed by atoms with Gasteiger partial charge in [-0.05, 0) is 35.6 Å². The molecule has 1 aliphatic rings. The molecule has 0 bridgehead atoms. The maximum Gasteiger partial charge on any atom is 0.275 e. The van der Waals surface area contributed by atoms with Gasteiger partial charge in [-0.2, -0.15) is 0 Å². The van der Waals surface area contributed by atoms with E-state index in [2.05, 4.69) is 34.5 Å². The lowest BCUT2D eigenvalue weighted by molar-refractivity contribution is -0.116. The smallest absolute Gasteiger partial charge is 0.275 e. The predicted octanol–water partition coefficient (Wildman–Crippen LogP) is 6.03. The number of anilines is 1. The molecule has 242 valence electrons. The summed E-state index contributed by atoms with van der Waals surface area (Å²) in [5.74, 6) is 0.759. The van der Waals surface area contributed by atoms with Crippen molar-refractivity contribution in [3.05, 3.63) is 95.2 Å². The molecular weight excluding hydrogens is 584 g/mol. The fraction of sp³-hybridized carbons (Fsp3) is 0.361. The van der Waals surface area contributed by atoms with Crippen molar-refractivity contribution < 1.29 is 28.3 Å². The van der Waals surface area contributed by atoms with E-state index >= 15 is 0 Å². The molecule has 10 heteroatoms. The first-order valence-electron chi connectivity index (χ1n) is 15.8. The van der Waals surface area contributed by atoms with Gasteiger partial charge in [-0.1, -0.05) is 79.7 Å². The van der Waals surface area contributed by atoms with Gasteiger partial charge in [0, 0.05) is 38.7 Å². The minimum atomic E-state index is -0.445. The van der Waals surface area contributed by atoms with Gasteiger partial charge in [0.15, 0.2) is 11.5 Å². The summed E-state index contributed by atoms with van der Waals surface area (Å²) in [7, 11) is 0. The van der Waals surface area contributed by atoms with Crippen LogP contribution in [0.25, 0.3) is 11.3 Å². The van der Waals surface area contributed by atoms with Crippen LogP contribution in [-0.4, -0.2) is 61.3 Å². The Bertz CT molecular complexity index is 1580. The number of hydrogen-bond acceptors (Lipinski definition) is 8. The first-order valence-corrected chi connectivity index (χ1v) is 15.8. The molecule has 0 radical (unpaired) electrons. The molecule has 1 aliphatic heterocycles. The van der Waals surface area contributed by atoms with Crippen molar-refractivity contribution in [1.29, 1.82) is 0 Å². The fourth-order valence-electron chi connectivity index (χ4n) is 5.20. The summed E-state index contributed by atoms with van der Waals surface area (Å²) in [6, 6.07) is 23.6. The minimum Gasteiger partial charge on any atom is -0.488 e. The summed E-state index contributed by atoms with van der Waals surface area (Å²) in [5.41, 5.74) is 3.69. The maximum atomic E-state index is 13.3. The molecule has 0 aliphatic carbocycles. The van der Waals surface area contributed by atoms with Gasteiger partial charge in [0.05, 0.1) is 18.8 Å². The molecule has 10 nitrogen and oxygen atoms in total. The summed E-state index contributed by atoms with van der Waals surface area (Å²) in [6.07, 6.45) is 0.236. The highest BCUT2D eigenvalue weighted by molar-refractivity contribution is 6.06. The summed E-state index contributed by atoms with van der Waals surface area (Å²) in [5, 5.41) is 9.85. The molecule has 2 N–H and O–H groups in total. The summed E-state index contributed by atoms with van der Waals surface area (Å²) < 4.78 is 24.1. The third kappa shape index (κ3) is 8.52. The molecule has 46 heavy (non-hydrogen) atoms. The molecule has 1 fully saturated rings. The van der Waals surface area contributed by atoms with E-state index in [1.54, 1.807) is 0 Å². The van der Waals surface area contributed by atoms with Crippen LogP contribution >= 0.6 is 0 Å². The third-order valence-corrected chi connectivity index (χ3v) is 7.72. The van der Waals surface area contributed by atoms with Gasteiger partial charge < -0.3 is 29.4 Å². The number of aromatic nitrogens is 1. The number of carbonyl (C=O) groups excluding carboxylic acids is 2. The lowest BCUT2D eigenvalue weighted by Crippen LogP contribution is -2.38. The average Bonchev–Trinajstić information content (AvgIpc) is 3.49. The van der Waals surface area contributed by atoms with Crippen LogP contribution in [0.4, 0.5) is 5.69 Å². The Morgan fingerprint density at radius 3 is 2.15 bits per heavy atom. The molecule has 1 aromatic heterocycles. The minimum absolute atomic E-state index is 0.00100. The quantitative estimate of drug-likeness (QED) is 0.174. The standard InChI is InChI=1S/C36H42N4O6/c1-4-37-36(42)34-33(38-32(41)15-16-40-17-19-43-20-18-40)35(46-39-34)29-21-28(25(2)3)30(44-23-26-11-7-5-8-12-26)22-31(29)45-24-27-13-9-6-10-14-27/h5-14,21-22,25H,4,15-20,23-24H2,1-3H3,(H,37,42)(H,38,41). The first-order chi connectivity index (χ1) is 22.4. The zero-order valence-corrected chi connectivity index (χ0v) is 26.7. The number of carbonyl (C=O) groups is 2. The van der Waals surface area contributed by atoms with Crippen molar-refractivity contribution in [3.8, 4) is 22.8 Å². The van der Waals surface area contributed by atoms with Crippen molar-refractivity contribution in [2.45, 2.75) is 46.3 Å². The zero-order valence-electron chi connectivity index (χ0n) is 26.7. The van der Waals surface area contributed by atoms with Crippen molar-refractivity contribution in [2.24, 2.45) is 0 Å². The number of rotatable bonds is 14. The van der Waals surface area contributed by atoms with E-state index in [1.807, 2.05) is 79.7 Å². The molecule has 4 aromatic rings. The lowest BCUT2D eigenvalue weighted by Gasteiger charge is -2.26. The van der Waals surface area contributed by atoms with Gasteiger partial charge in [-0.3, -0.25) is 14.5 Å². The van der Waals surface area contributed by atoms with Crippen LogP contribution in [-0.2, 0) is 22.7 Å². The number of morpholine rings is 1. The molecule has 0 unspecified atom stereocenters. The summed E-state index contributed by atoms with van der Waals surface area (Å²) >= 11 is 0. The molecule has 1 saturated heterocycles. The Kier molecular flexibility index (Phi) is 11.4. The highest BCUT2D eigenvalue weighted by Crippen LogP contribution is 2.43. The van der Waals surface area contributed by atoms with Gasteiger partial charge in [0.25, 0.3) is 5.91 Å². The second-order valence-electron chi connectivity index (χ2n) is 11.4. The molecule has 2 heterocycles. The van der Waals surface area contributed by atoms with Crippen LogP contribution < -0.4 is 20.1 Å². The van der Waals surface area contributed by atoms with Crippen LogP contribution in [0.1, 0.15) is 60.3 Å². The van der Waals surface area contributed by atoms with E-state index in [-0.39, 0.29) is 42.0 Å². The largest absolute Gasteiger partial charge is 0.488 e. The summed E-state index contributed by atoms with van der Waals surface area (Å²) in [4.78, 5) is 28.6. The number of nitrogens with one attached hydrogen (secondary N) is 2. The highest BCUT2D eigenvalue weighted by Gasteiger charge is 2.28. The van der Waals surface area contributed by atoms with Crippen LogP contribution in [0.5, 0.6) is 11.5 Å². The molecule has 0 saturated carbocycles. The number of ether oxygens (including phenoxy) is 3. The van der Waals surface area contributed by atoms with Crippen LogP contribution in [0, 0.1) is 0 Å². The van der Waals surface area contributed by atoms with Crippen molar-refractivity contribution >= 4 is 17.5 Å². The Hall–Kier alpha value is -4.67. The van der Waals surface area contributed by atoms with E-state index in [0.29, 0.717) is 50.0 Å². The van der Waals surface area contributed by atoms with Crippen molar-refractivity contribution in [2.75, 3.05) is 44.7 Å². The predicted molar refractivity (Wildman–Crippen MR) is 176 cm³/mol. The zero-order chi connectivity index (χ0) is 32.3. The molecule has 5 rings (SSSR count). The van der Waals surface area contributed by atoms with Crippen LogP contribution in [0.15, 0.2) is 77.3 Å². The molecule has 2 amide bonds. The van der Waals surface area contributed by atoms with Crippen LogP contribution in [0.2, 0.25) is 0 Å². The Morgan fingerprint density at radius 2 is 1.54 bits per heavy atom. The van der Waals surface area contributed by atoms with Crippen molar-refractivity contribution in [3.63, 3.8) is 0 Å².